The van der Waals surface area contributed by atoms with Crippen molar-refractivity contribution in [1.29, 1.82) is 0 Å². The van der Waals surface area contributed by atoms with Crippen molar-refractivity contribution in [1.82, 2.24) is 5.01 Å². The Bertz CT molecular complexity index is 651. The van der Waals surface area contributed by atoms with Crippen molar-refractivity contribution < 1.29 is 0 Å². The van der Waals surface area contributed by atoms with Crippen molar-refractivity contribution in [2.24, 2.45) is 57.5 Å². The first kappa shape index (κ1) is 21.3. The van der Waals surface area contributed by atoms with Crippen LogP contribution in [-0.2, 0) is 0 Å². The van der Waals surface area contributed by atoms with E-state index in [1.54, 1.807) is 0 Å². The van der Waals surface area contributed by atoms with Gasteiger partial charge in [0.25, 0.3) is 0 Å². The summed E-state index contributed by atoms with van der Waals surface area (Å²) in [6, 6.07) is 0.378. The van der Waals surface area contributed by atoms with E-state index in [2.05, 4.69) is 33.0 Å². The molecule has 5 fully saturated rings. The number of nitrogens with zero attached hydrogens (tertiary/aromatic N) is 2. The molecule has 0 bridgehead atoms. The molecule has 0 N–H and O–H groups in total. The molecule has 170 valence electrons. The van der Waals surface area contributed by atoms with Crippen LogP contribution in [0.4, 0.5) is 0 Å². The molecule has 0 amide bonds. The number of nitroso groups, excluding NO2 is 1. The van der Waals surface area contributed by atoms with E-state index in [1.165, 1.54) is 70.6 Å². The SMILES string of the molecule is CC1CCC([C@@H](C)[C@H]2CC[C@H]3[C@@H]4CCC5CCCC[C@]5(C)[C@H]4CC[C@]23C)N(N=O)C1. The maximum atomic E-state index is 11.6. The fourth-order valence-electron chi connectivity index (χ4n) is 10.2. The summed E-state index contributed by atoms with van der Waals surface area (Å²) in [5.74, 6) is 5.92. The summed E-state index contributed by atoms with van der Waals surface area (Å²) in [6.07, 6.45) is 17.2. The molecule has 0 spiro atoms. The van der Waals surface area contributed by atoms with Crippen molar-refractivity contribution in [3.05, 3.63) is 4.91 Å². The highest BCUT2D eigenvalue weighted by atomic mass is 16.3. The molecule has 3 nitrogen and oxygen atoms in total. The van der Waals surface area contributed by atoms with Crippen LogP contribution >= 0.6 is 0 Å². The lowest BCUT2D eigenvalue weighted by Crippen LogP contribution is -2.54. The van der Waals surface area contributed by atoms with Gasteiger partial charge in [0.2, 0.25) is 0 Å². The average Bonchev–Trinajstić information content (AvgIpc) is 3.10. The van der Waals surface area contributed by atoms with Crippen LogP contribution in [0.1, 0.15) is 105 Å². The molecule has 30 heavy (non-hydrogen) atoms. The highest BCUT2D eigenvalue weighted by molar-refractivity contribution is 5.10. The molecule has 10 atom stereocenters. The van der Waals surface area contributed by atoms with Gasteiger partial charge in [0, 0.05) is 6.54 Å². The predicted molar refractivity (Wildman–Crippen MR) is 124 cm³/mol. The van der Waals surface area contributed by atoms with Gasteiger partial charge in [0.15, 0.2) is 0 Å². The molecule has 5 aliphatic rings. The Hall–Kier alpha value is -0.600. The number of piperidine rings is 1. The van der Waals surface area contributed by atoms with Crippen molar-refractivity contribution >= 4 is 0 Å². The van der Waals surface area contributed by atoms with Crippen LogP contribution in [0.15, 0.2) is 5.29 Å². The fraction of sp³-hybridized carbons (Fsp3) is 1.00. The first-order valence-corrected chi connectivity index (χ1v) is 13.5. The van der Waals surface area contributed by atoms with Gasteiger partial charge in [0.05, 0.1) is 11.3 Å². The van der Waals surface area contributed by atoms with Crippen molar-refractivity contribution in [2.75, 3.05) is 6.54 Å². The summed E-state index contributed by atoms with van der Waals surface area (Å²) in [7, 11) is 0. The van der Waals surface area contributed by atoms with Crippen LogP contribution < -0.4 is 0 Å². The van der Waals surface area contributed by atoms with Crippen LogP contribution in [0.3, 0.4) is 0 Å². The molecule has 5 rings (SSSR count). The lowest BCUT2D eigenvalue weighted by molar-refractivity contribution is -0.117. The molecule has 1 saturated heterocycles. The van der Waals surface area contributed by atoms with E-state index in [0.717, 1.165) is 42.6 Å². The fourth-order valence-corrected chi connectivity index (χ4v) is 10.2. The van der Waals surface area contributed by atoms with Crippen molar-refractivity contribution in [3.63, 3.8) is 0 Å². The van der Waals surface area contributed by atoms with E-state index in [4.69, 9.17) is 0 Å². The third-order valence-electron chi connectivity index (χ3n) is 11.8. The van der Waals surface area contributed by atoms with Gasteiger partial charge in [-0.1, -0.05) is 40.5 Å². The molecule has 4 aliphatic carbocycles. The zero-order valence-electron chi connectivity index (χ0n) is 20.1. The minimum absolute atomic E-state index is 0.378. The Balaban J connectivity index is 1.36. The van der Waals surface area contributed by atoms with Gasteiger partial charge in [-0.15, -0.1) is 4.91 Å². The Morgan fingerprint density at radius 1 is 0.867 bits per heavy atom. The second-order valence-electron chi connectivity index (χ2n) is 12.9. The first-order chi connectivity index (χ1) is 14.4. The normalized spacial score (nSPS) is 52.1. The lowest BCUT2D eigenvalue weighted by Gasteiger charge is -2.61. The van der Waals surface area contributed by atoms with E-state index in [1.807, 2.05) is 5.01 Å². The summed E-state index contributed by atoms with van der Waals surface area (Å²) in [4.78, 5) is 11.6. The molecule has 3 heteroatoms. The second kappa shape index (κ2) is 7.77. The second-order valence-corrected chi connectivity index (χ2v) is 12.9. The Morgan fingerprint density at radius 2 is 1.67 bits per heavy atom. The highest BCUT2D eigenvalue weighted by Crippen LogP contribution is 2.68. The Morgan fingerprint density at radius 3 is 2.47 bits per heavy atom. The monoisotopic (exact) mass is 414 g/mol. The summed E-state index contributed by atoms with van der Waals surface area (Å²) in [5, 5.41) is 5.44. The molecular weight excluding hydrogens is 368 g/mol. The van der Waals surface area contributed by atoms with Crippen LogP contribution in [0, 0.1) is 57.2 Å². The van der Waals surface area contributed by atoms with Crippen LogP contribution in [0.25, 0.3) is 0 Å². The minimum Gasteiger partial charge on any atom is -0.257 e. The summed E-state index contributed by atoms with van der Waals surface area (Å²) in [5.41, 5.74) is 1.14. The maximum absolute atomic E-state index is 11.6. The zero-order valence-corrected chi connectivity index (χ0v) is 20.1. The summed E-state index contributed by atoms with van der Waals surface area (Å²) >= 11 is 0. The topological polar surface area (TPSA) is 32.7 Å². The standard InChI is InChI=1S/C27H46N2O/c1-18-8-13-25(29(17-18)28-30)19(2)22-11-12-23-21-10-9-20-7-5-6-15-26(20,3)24(21)14-16-27(22,23)4/h18-25H,5-17H2,1-4H3/t18?,19-,20?,21-,22+,23-,24-,25?,26-,27+/m0/s1. The van der Waals surface area contributed by atoms with E-state index < -0.39 is 0 Å². The van der Waals surface area contributed by atoms with Crippen LogP contribution in [-0.4, -0.2) is 17.6 Å². The largest absolute Gasteiger partial charge is 0.257 e. The Labute approximate surface area is 185 Å². The maximum Gasteiger partial charge on any atom is 0.0531 e. The molecule has 0 aromatic rings. The van der Waals surface area contributed by atoms with Crippen LogP contribution in [0.5, 0.6) is 0 Å². The minimum atomic E-state index is 0.378. The van der Waals surface area contributed by atoms with Crippen molar-refractivity contribution in [3.8, 4) is 0 Å². The summed E-state index contributed by atoms with van der Waals surface area (Å²) < 4.78 is 0. The third kappa shape index (κ3) is 3.11. The molecule has 4 saturated carbocycles. The number of hydrogen-bond acceptors (Lipinski definition) is 2. The van der Waals surface area contributed by atoms with Crippen LogP contribution in [0.2, 0.25) is 0 Å². The molecule has 1 aliphatic heterocycles. The smallest absolute Gasteiger partial charge is 0.0531 e. The average molecular weight is 415 g/mol. The van der Waals surface area contributed by atoms with E-state index in [0.29, 0.717) is 28.7 Å². The molecule has 0 aromatic heterocycles. The van der Waals surface area contributed by atoms with Gasteiger partial charge in [-0.25, -0.2) is 0 Å². The summed E-state index contributed by atoms with van der Waals surface area (Å²) in [6.45, 7) is 11.0. The van der Waals surface area contributed by atoms with E-state index in [9.17, 15) is 4.91 Å². The first-order valence-electron chi connectivity index (χ1n) is 13.5. The van der Waals surface area contributed by atoms with Gasteiger partial charge in [-0.05, 0) is 116 Å². The molecule has 1 heterocycles. The predicted octanol–water partition coefficient (Wildman–Crippen LogP) is 7.45. The van der Waals surface area contributed by atoms with E-state index in [-0.39, 0.29) is 0 Å². The van der Waals surface area contributed by atoms with Gasteiger partial charge in [-0.3, -0.25) is 5.01 Å². The lowest BCUT2D eigenvalue weighted by atomic mass is 9.44. The number of fused-ring (bicyclic) bond motifs is 5. The van der Waals surface area contributed by atoms with Gasteiger partial charge in [0.1, 0.15) is 0 Å². The molecular formula is C27H46N2O. The van der Waals surface area contributed by atoms with E-state index >= 15 is 0 Å². The molecule has 0 aromatic carbocycles. The van der Waals surface area contributed by atoms with Crippen molar-refractivity contribution in [2.45, 2.75) is 111 Å². The third-order valence-corrected chi connectivity index (χ3v) is 11.8. The number of rotatable bonds is 3. The van der Waals surface area contributed by atoms with Gasteiger partial charge >= 0.3 is 0 Å². The molecule has 0 radical (unpaired) electrons. The highest BCUT2D eigenvalue weighted by Gasteiger charge is 2.60. The number of hydrogen-bond donors (Lipinski definition) is 0. The molecule has 3 unspecified atom stereocenters. The Kier molecular flexibility index (Phi) is 5.50. The quantitative estimate of drug-likeness (QED) is 0.449. The van der Waals surface area contributed by atoms with Gasteiger partial charge in [-0.2, -0.15) is 0 Å². The zero-order chi connectivity index (χ0) is 21.1. The van der Waals surface area contributed by atoms with Gasteiger partial charge < -0.3 is 0 Å².